The smallest absolute Gasteiger partial charge is 0.355 e. The number of hydrogen-bond donors (Lipinski definition) is 0. The highest BCUT2D eigenvalue weighted by molar-refractivity contribution is 6.76. The third-order valence-electron chi connectivity index (χ3n) is 3.51. The third kappa shape index (κ3) is 4.21. The monoisotopic (exact) mass is 319 g/mol. The van der Waals surface area contributed by atoms with Crippen molar-refractivity contribution in [2.24, 2.45) is 0 Å². The Labute approximate surface area is 133 Å². The average Bonchev–Trinajstić information content (AvgIpc) is 2.82. The van der Waals surface area contributed by atoms with Gasteiger partial charge >= 0.3 is 5.97 Å². The molecule has 22 heavy (non-hydrogen) atoms. The summed E-state index contributed by atoms with van der Waals surface area (Å²) in [5, 5.41) is 1.03. The summed E-state index contributed by atoms with van der Waals surface area (Å²) in [6.07, 6.45) is 0. The number of ether oxygens (including phenoxy) is 2. The fourth-order valence-corrected chi connectivity index (χ4v) is 3.01. The van der Waals surface area contributed by atoms with Crippen LogP contribution in [0, 0.1) is 0 Å². The van der Waals surface area contributed by atoms with Gasteiger partial charge in [0, 0.05) is 20.1 Å². The van der Waals surface area contributed by atoms with Gasteiger partial charge in [-0.05, 0) is 25.1 Å². The maximum Gasteiger partial charge on any atom is 0.355 e. The topological polar surface area (TPSA) is 40.5 Å². The molecule has 2 aromatic rings. The fraction of sp³-hybridized carbons (Fsp3) is 0.471. The maximum atomic E-state index is 12.1. The van der Waals surface area contributed by atoms with E-state index in [2.05, 4.69) is 19.6 Å². The number of hydrogen-bond acceptors (Lipinski definition) is 3. The number of nitrogens with zero attached hydrogens (tertiary/aromatic N) is 1. The number of carbonyl (C=O) groups excluding carboxylic acids is 1. The number of carbonyl (C=O) groups is 1. The van der Waals surface area contributed by atoms with Gasteiger partial charge in [0.2, 0.25) is 0 Å². The summed E-state index contributed by atoms with van der Waals surface area (Å²) in [4.78, 5) is 12.1. The van der Waals surface area contributed by atoms with Crippen molar-refractivity contribution in [2.75, 3.05) is 13.2 Å². The Balaban J connectivity index is 2.18. The molecule has 0 aliphatic rings. The van der Waals surface area contributed by atoms with Gasteiger partial charge in [0.1, 0.15) is 12.4 Å². The van der Waals surface area contributed by atoms with Gasteiger partial charge in [-0.25, -0.2) is 4.79 Å². The normalized spacial score (nSPS) is 11.8. The lowest BCUT2D eigenvalue weighted by Crippen LogP contribution is -2.22. The highest BCUT2D eigenvalue weighted by Crippen LogP contribution is 2.21. The molecular formula is C17H25NO3Si. The van der Waals surface area contributed by atoms with Crippen LogP contribution in [0.15, 0.2) is 30.3 Å². The average molecular weight is 319 g/mol. The summed E-state index contributed by atoms with van der Waals surface area (Å²) >= 11 is 0. The second-order valence-electron chi connectivity index (χ2n) is 6.58. The molecule has 0 N–H and O–H groups in total. The van der Waals surface area contributed by atoms with Gasteiger partial charge < -0.3 is 14.0 Å². The van der Waals surface area contributed by atoms with Crippen LogP contribution in [0.25, 0.3) is 10.9 Å². The van der Waals surface area contributed by atoms with Crippen molar-refractivity contribution in [3.05, 3.63) is 36.0 Å². The number of para-hydroxylation sites is 1. The quantitative estimate of drug-likeness (QED) is 0.438. The van der Waals surface area contributed by atoms with E-state index in [0.717, 1.165) is 23.6 Å². The lowest BCUT2D eigenvalue weighted by molar-refractivity contribution is 0.0478. The Morgan fingerprint density at radius 2 is 1.95 bits per heavy atom. The summed E-state index contributed by atoms with van der Waals surface area (Å²) in [5.41, 5.74) is 1.55. The minimum Gasteiger partial charge on any atom is -0.461 e. The van der Waals surface area contributed by atoms with E-state index in [0.29, 0.717) is 19.0 Å². The molecule has 0 saturated carbocycles. The van der Waals surface area contributed by atoms with E-state index >= 15 is 0 Å². The van der Waals surface area contributed by atoms with Crippen LogP contribution < -0.4 is 0 Å². The van der Waals surface area contributed by atoms with E-state index in [9.17, 15) is 4.79 Å². The molecule has 0 unspecified atom stereocenters. The molecule has 5 heteroatoms. The van der Waals surface area contributed by atoms with Gasteiger partial charge in [-0.3, -0.25) is 0 Å². The molecule has 2 rings (SSSR count). The molecule has 0 fully saturated rings. The van der Waals surface area contributed by atoms with Gasteiger partial charge in [0.15, 0.2) is 0 Å². The molecular weight excluding hydrogens is 294 g/mol. The van der Waals surface area contributed by atoms with E-state index in [1.165, 1.54) is 0 Å². The number of aromatic nitrogens is 1. The SMILES string of the molecule is CCOC(=O)c1cc2ccccc2n1COCC[Si](C)(C)C. The molecule has 0 amide bonds. The lowest BCUT2D eigenvalue weighted by atomic mass is 10.2. The summed E-state index contributed by atoms with van der Waals surface area (Å²) in [7, 11) is -1.11. The first-order valence-electron chi connectivity index (χ1n) is 7.75. The van der Waals surface area contributed by atoms with Crippen LogP contribution >= 0.6 is 0 Å². The lowest BCUT2D eigenvalue weighted by Gasteiger charge is -2.16. The second kappa shape index (κ2) is 7.11. The number of fused-ring (bicyclic) bond motifs is 1. The first-order chi connectivity index (χ1) is 10.4. The van der Waals surface area contributed by atoms with Crippen molar-refractivity contribution in [3.63, 3.8) is 0 Å². The molecule has 1 heterocycles. The molecule has 120 valence electrons. The van der Waals surface area contributed by atoms with Gasteiger partial charge in [-0.2, -0.15) is 0 Å². The van der Waals surface area contributed by atoms with Crippen LogP contribution in [0.3, 0.4) is 0 Å². The molecule has 0 atom stereocenters. The van der Waals surface area contributed by atoms with Crippen LogP contribution in [-0.4, -0.2) is 31.8 Å². The zero-order chi connectivity index (χ0) is 16.2. The van der Waals surface area contributed by atoms with Crippen molar-refractivity contribution in [2.45, 2.75) is 39.3 Å². The molecule has 0 aliphatic heterocycles. The molecule has 0 bridgehead atoms. The predicted molar refractivity (Wildman–Crippen MR) is 92.0 cm³/mol. The zero-order valence-electron chi connectivity index (χ0n) is 13.9. The fourth-order valence-electron chi connectivity index (χ4n) is 2.26. The Morgan fingerprint density at radius 1 is 1.23 bits per heavy atom. The largest absolute Gasteiger partial charge is 0.461 e. The Morgan fingerprint density at radius 3 is 2.64 bits per heavy atom. The van der Waals surface area contributed by atoms with Crippen molar-refractivity contribution in [1.29, 1.82) is 0 Å². The molecule has 0 spiro atoms. The standard InChI is InChI=1S/C17H25NO3Si/c1-5-21-17(19)16-12-14-8-6-7-9-15(14)18(16)13-20-10-11-22(2,3)4/h6-9,12H,5,10-11,13H2,1-4H3. The van der Waals surface area contributed by atoms with E-state index < -0.39 is 8.07 Å². The summed E-state index contributed by atoms with van der Waals surface area (Å²) in [5.74, 6) is -0.299. The molecule has 0 aliphatic carbocycles. The van der Waals surface area contributed by atoms with Crippen LogP contribution in [0.4, 0.5) is 0 Å². The number of benzene rings is 1. The predicted octanol–water partition coefficient (Wildman–Crippen LogP) is 4.13. The third-order valence-corrected chi connectivity index (χ3v) is 5.22. The Kier molecular flexibility index (Phi) is 5.42. The Bertz CT molecular complexity index is 643. The van der Waals surface area contributed by atoms with Crippen molar-refractivity contribution >= 4 is 24.9 Å². The first kappa shape index (κ1) is 16.8. The van der Waals surface area contributed by atoms with Crippen LogP contribution in [-0.2, 0) is 16.2 Å². The van der Waals surface area contributed by atoms with Crippen LogP contribution in [0.1, 0.15) is 17.4 Å². The molecule has 1 aromatic carbocycles. The minimum absolute atomic E-state index is 0.299. The maximum absolute atomic E-state index is 12.1. The molecule has 4 nitrogen and oxygen atoms in total. The Hall–Kier alpha value is -1.59. The molecule has 1 aromatic heterocycles. The van der Waals surface area contributed by atoms with Crippen molar-refractivity contribution < 1.29 is 14.3 Å². The first-order valence-corrected chi connectivity index (χ1v) is 11.5. The van der Waals surface area contributed by atoms with E-state index in [1.54, 1.807) is 0 Å². The van der Waals surface area contributed by atoms with Crippen LogP contribution in [0.2, 0.25) is 25.7 Å². The van der Waals surface area contributed by atoms with E-state index in [4.69, 9.17) is 9.47 Å². The van der Waals surface area contributed by atoms with Gasteiger partial charge in [-0.1, -0.05) is 37.8 Å². The van der Waals surface area contributed by atoms with E-state index in [-0.39, 0.29) is 5.97 Å². The van der Waals surface area contributed by atoms with Gasteiger partial charge in [-0.15, -0.1) is 0 Å². The second-order valence-corrected chi connectivity index (χ2v) is 12.2. The highest BCUT2D eigenvalue weighted by Gasteiger charge is 2.17. The number of rotatable bonds is 7. The minimum atomic E-state index is -1.11. The van der Waals surface area contributed by atoms with Crippen molar-refractivity contribution in [1.82, 2.24) is 4.57 Å². The molecule has 0 saturated heterocycles. The van der Waals surface area contributed by atoms with Crippen LogP contribution in [0.5, 0.6) is 0 Å². The van der Waals surface area contributed by atoms with Gasteiger partial charge in [0.25, 0.3) is 0 Å². The summed E-state index contributed by atoms with van der Waals surface area (Å²) < 4.78 is 12.9. The molecule has 0 radical (unpaired) electrons. The summed E-state index contributed by atoms with van der Waals surface area (Å²) in [6.45, 7) is 10.3. The number of esters is 1. The zero-order valence-corrected chi connectivity index (χ0v) is 14.9. The summed E-state index contributed by atoms with van der Waals surface area (Å²) in [6, 6.07) is 10.9. The van der Waals surface area contributed by atoms with Crippen molar-refractivity contribution in [3.8, 4) is 0 Å². The van der Waals surface area contributed by atoms with Gasteiger partial charge in [0.05, 0.1) is 12.1 Å². The highest BCUT2D eigenvalue weighted by atomic mass is 28.3. The van der Waals surface area contributed by atoms with E-state index in [1.807, 2.05) is 41.8 Å².